The van der Waals surface area contributed by atoms with Crippen LogP contribution in [-0.4, -0.2) is 28.4 Å². The van der Waals surface area contributed by atoms with Gasteiger partial charge >= 0.3 is 0 Å². The number of aromatic nitrogens is 2. The second-order valence-corrected chi connectivity index (χ2v) is 7.94. The third kappa shape index (κ3) is 5.86. The first-order chi connectivity index (χ1) is 12.7. The zero-order valence-electron chi connectivity index (χ0n) is 14.4. The van der Waals surface area contributed by atoms with Crippen LogP contribution in [0.5, 0.6) is 0 Å². The van der Waals surface area contributed by atoms with Gasteiger partial charge in [-0.15, -0.1) is 10.2 Å². The Bertz CT molecular complexity index is 834. The van der Waals surface area contributed by atoms with Crippen molar-refractivity contribution in [2.24, 2.45) is 0 Å². The second kappa shape index (κ2) is 9.35. The van der Waals surface area contributed by atoms with E-state index in [0.717, 1.165) is 21.6 Å². The van der Waals surface area contributed by atoms with Gasteiger partial charge < -0.3 is 10.6 Å². The number of anilines is 2. The first-order valence-electron chi connectivity index (χ1n) is 8.30. The normalized spacial score (nSPS) is 10.5. The third-order valence-corrected chi connectivity index (χ3v) is 5.59. The predicted molar refractivity (Wildman–Crippen MR) is 108 cm³/mol. The number of hydrogen-bond acceptors (Lipinski definition) is 6. The fourth-order valence-corrected chi connectivity index (χ4v) is 3.85. The molecule has 3 aromatic rings. The Morgan fingerprint density at radius 1 is 1.08 bits per heavy atom. The summed E-state index contributed by atoms with van der Waals surface area (Å²) < 4.78 is 0.776. The number of nitrogens with zero attached hydrogens (tertiary/aromatic N) is 2. The van der Waals surface area contributed by atoms with Crippen LogP contribution in [0.25, 0.3) is 0 Å². The Labute approximate surface area is 161 Å². The molecular formula is C19H20N4OS2. The molecule has 1 heterocycles. The molecule has 7 heteroatoms. The van der Waals surface area contributed by atoms with E-state index < -0.39 is 0 Å². The highest BCUT2D eigenvalue weighted by Crippen LogP contribution is 2.27. The Morgan fingerprint density at radius 2 is 1.85 bits per heavy atom. The Morgan fingerprint density at radius 3 is 2.62 bits per heavy atom. The number of rotatable bonds is 8. The predicted octanol–water partition coefficient (Wildman–Crippen LogP) is 4.04. The average molecular weight is 385 g/mol. The Balaban J connectivity index is 1.40. The highest BCUT2D eigenvalue weighted by Gasteiger charge is 2.08. The lowest BCUT2D eigenvalue weighted by atomic mass is 10.1. The molecule has 0 unspecified atom stereocenters. The van der Waals surface area contributed by atoms with E-state index in [1.165, 1.54) is 34.2 Å². The third-order valence-electron chi connectivity index (χ3n) is 3.61. The van der Waals surface area contributed by atoms with Crippen LogP contribution in [0.2, 0.25) is 0 Å². The van der Waals surface area contributed by atoms with Gasteiger partial charge in [0.15, 0.2) is 4.34 Å². The van der Waals surface area contributed by atoms with E-state index in [2.05, 4.69) is 33.0 Å². The zero-order valence-corrected chi connectivity index (χ0v) is 16.1. The van der Waals surface area contributed by atoms with Gasteiger partial charge in [0.1, 0.15) is 0 Å². The summed E-state index contributed by atoms with van der Waals surface area (Å²) in [6.45, 7) is 2.69. The molecule has 0 saturated carbocycles. The minimum Gasteiger partial charge on any atom is -0.355 e. The fraction of sp³-hybridized carbons (Fsp3) is 0.211. The first kappa shape index (κ1) is 18.4. The fourth-order valence-electron chi connectivity index (χ4n) is 2.25. The number of nitrogens with one attached hydrogen (secondary N) is 2. The van der Waals surface area contributed by atoms with Gasteiger partial charge in [-0.3, -0.25) is 4.79 Å². The summed E-state index contributed by atoms with van der Waals surface area (Å²) >= 11 is 2.85. The van der Waals surface area contributed by atoms with Crippen molar-refractivity contribution in [3.05, 3.63) is 65.7 Å². The van der Waals surface area contributed by atoms with Crippen LogP contribution in [0, 0.1) is 6.92 Å². The maximum Gasteiger partial charge on any atom is 0.230 e. The minimum absolute atomic E-state index is 0.00850. The van der Waals surface area contributed by atoms with E-state index in [1.54, 1.807) is 0 Å². The summed E-state index contributed by atoms with van der Waals surface area (Å²) in [5, 5.41) is 15.1. The van der Waals surface area contributed by atoms with E-state index in [1.807, 2.05) is 49.4 Å². The molecule has 0 aliphatic carbocycles. The standard InChI is InChI=1S/C19H20N4OS2/c1-14-7-9-16(10-8-14)21-18-22-23-19(26-18)25-13-17(24)20-12-11-15-5-3-2-4-6-15/h2-10H,11-13H2,1H3,(H,20,24)(H,21,22). The number of hydrogen-bond donors (Lipinski definition) is 2. The van der Waals surface area contributed by atoms with Crippen LogP contribution in [0.3, 0.4) is 0 Å². The van der Waals surface area contributed by atoms with Gasteiger partial charge in [0.05, 0.1) is 5.75 Å². The molecule has 0 fully saturated rings. The Kier molecular flexibility index (Phi) is 6.62. The number of carbonyl (C=O) groups is 1. The summed E-state index contributed by atoms with van der Waals surface area (Å²) in [7, 11) is 0. The van der Waals surface area contributed by atoms with Crippen molar-refractivity contribution >= 4 is 39.8 Å². The van der Waals surface area contributed by atoms with Crippen molar-refractivity contribution in [2.75, 3.05) is 17.6 Å². The number of amides is 1. The molecule has 134 valence electrons. The van der Waals surface area contributed by atoms with E-state index in [0.29, 0.717) is 12.3 Å². The topological polar surface area (TPSA) is 66.9 Å². The van der Waals surface area contributed by atoms with Crippen molar-refractivity contribution in [3.63, 3.8) is 0 Å². The summed E-state index contributed by atoms with van der Waals surface area (Å²) in [6, 6.07) is 18.2. The minimum atomic E-state index is 0.00850. The highest BCUT2D eigenvalue weighted by molar-refractivity contribution is 8.01. The summed E-state index contributed by atoms with van der Waals surface area (Å²) in [6.07, 6.45) is 0.834. The van der Waals surface area contributed by atoms with Crippen LogP contribution in [0.1, 0.15) is 11.1 Å². The van der Waals surface area contributed by atoms with E-state index in [9.17, 15) is 4.79 Å². The van der Waals surface area contributed by atoms with Crippen molar-refractivity contribution in [1.29, 1.82) is 0 Å². The summed E-state index contributed by atoms with van der Waals surface area (Å²) in [5.74, 6) is 0.350. The molecular weight excluding hydrogens is 364 g/mol. The number of carbonyl (C=O) groups excluding carboxylic acids is 1. The number of aryl methyl sites for hydroxylation is 1. The summed E-state index contributed by atoms with van der Waals surface area (Å²) in [5.41, 5.74) is 3.40. The van der Waals surface area contributed by atoms with E-state index in [4.69, 9.17) is 0 Å². The van der Waals surface area contributed by atoms with Gasteiger partial charge in [0.2, 0.25) is 11.0 Å². The van der Waals surface area contributed by atoms with Crippen LogP contribution in [0.4, 0.5) is 10.8 Å². The molecule has 0 spiro atoms. The average Bonchev–Trinajstić information content (AvgIpc) is 3.10. The molecule has 0 atom stereocenters. The monoisotopic (exact) mass is 384 g/mol. The first-order valence-corrected chi connectivity index (χ1v) is 10.1. The van der Waals surface area contributed by atoms with E-state index in [-0.39, 0.29) is 5.91 Å². The molecule has 1 amide bonds. The zero-order chi connectivity index (χ0) is 18.2. The largest absolute Gasteiger partial charge is 0.355 e. The van der Waals surface area contributed by atoms with E-state index >= 15 is 0 Å². The maximum absolute atomic E-state index is 11.9. The van der Waals surface area contributed by atoms with Gasteiger partial charge in [0.25, 0.3) is 0 Å². The lowest BCUT2D eigenvalue weighted by molar-refractivity contribution is -0.118. The van der Waals surface area contributed by atoms with Crippen molar-refractivity contribution < 1.29 is 4.79 Å². The lowest BCUT2D eigenvalue weighted by Crippen LogP contribution is -2.27. The Hall–Kier alpha value is -2.38. The molecule has 0 aliphatic heterocycles. The second-order valence-electron chi connectivity index (χ2n) is 5.74. The quantitative estimate of drug-likeness (QED) is 0.574. The highest BCUT2D eigenvalue weighted by atomic mass is 32.2. The molecule has 2 aromatic carbocycles. The number of thioether (sulfide) groups is 1. The van der Waals surface area contributed by atoms with Crippen LogP contribution < -0.4 is 10.6 Å². The summed E-state index contributed by atoms with van der Waals surface area (Å²) in [4.78, 5) is 11.9. The van der Waals surface area contributed by atoms with Crippen LogP contribution >= 0.6 is 23.1 Å². The molecule has 0 saturated heterocycles. The molecule has 0 bridgehead atoms. The van der Waals surface area contributed by atoms with Crippen molar-refractivity contribution in [2.45, 2.75) is 17.7 Å². The van der Waals surface area contributed by atoms with Gasteiger partial charge in [-0.2, -0.15) is 0 Å². The molecule has 26 heavy (non-hydrogen) atoms. The molecule has 3 rings (SSSR count). The molecule has 5 nitrogen and oxygen atoms in total. The van der Waals surface area contributed by atoms with Crippen LogP contribution in [-0.2, 0) is 11.2 Å². The number of benzene rings is 2. The molecule has 0 radical (unpaired) electrons. The van der Waals surface area contributed by atoms with Gasteiger partial charge in [0, 0.05) is 12.2 Å². The smallest absolute Gasteiger partial charge is 0.230 e. The maximum atomic E-state index is 11.9. The van der Waals surface area contributed by atoms with Crippen LogP contribution in [0.15, 0.2) is 58.9 Å². The molecule has 1 aromatic heterocycles. The molecule has 2 N–H and O–H groups in total. The molecule has 0 aliphatic rings. The van der Waals surface area contributed by atoms with Gasteiger partial charge in [-0.05, 0) is 31.0 Å². The van der Waals surface area contributed by atoms with Gasteiger partial charge in [-0.25, -0.2) is 0 Å². The lowest BCUT2D eigenvalue weighted by Gasteiger charge is -2.04. The van der Waals surface area contributed by atoms with Crippen molar-refractivity contribution in [3.8, 4) is 0 Å². The SMILES string of the molecule is Cc1ccc(Nc2nnc(SCC(=O)NCCc3ccccc3)s2)cc1. The van der Waals surface area contributed by atoms with Gasteiger partial charge in [-0.1, -0.05) is 71.1 Å². The van der Waals surface area contributed by atoms with Crippen molar-refractivity contribution in [1.82, 2.24) is 15.5 Å².